The van der Waals surface area contributed by atoms with Crippen LogP contribution in [0.15, 0.2) is 91.0 Å². The van der Waals surface area contributed by atoms with Gasteiger partial charge in [-0.15, -0.1) is 0 Å². The van der Waals surface area contributed by atoms with Crippen molar-refractivity contribution in [1.29, 1.82) is 0 Å². The molecular weight excluding hydrogens is 442 g/mol. The number of carbonyl (C=O) groups excluding carboxylic acids is 2. The van der Waals surface area contributed by atoms with Gasteiger partial charge in [0.1, 0.15) is 6.04 Å². The number of hydrogen-bond acceptors (Lipinski definition) is 4. The highest BCUT2D eigenvalue weighted by Crippen LogP contribution is 2.42. The van der Waals surface area contributed by atoms with Gasteiger partial charge in [-0.05, 0) is 30.0 Å². The van der Waals surface area contributed by atoms with Crippen molar-refractivity contribution < 1.29 is 24.2 Å². The predicted octanol–water partition coefficient (Wildman–Crippen LogP) is 4.57. The molecule has 3 aromatic rings. The molecule has 0 saturated carbocycles. The van der Waals surface area contributed by atoms with Crippen LogP contribution >= 0.6 is 0 Å². The minimum Gasteiger partial charge on any atom is -0.480 e. The molecule has 1 amide bonds. The van der Waals surface area contributed by atoms with E-state index in [1.165, 1.54) is 0 Å². The van der Waals surface area contributed by atoms with Crippen LogP contribution in [0.2, 0.25) is 0 Å². The van der Waals surface area contributed by atoms with Gasteiger partial charge < -0.3 is 15.2 Å². The lowest BCUT2D eigenvalue weighted by atomic mass is 9.67. The van der Waals surface area contributed by atoms with Crippen molar-refractivity contribution in [3.05, 3.63) is 108 Å². The number of benzene rings is 3. The zero-order valence-corrected chi connectivity index (χ0v) is 20.0. The number of rotatable bonds is 11. The summed E-state index contributed by atoms with van der Waals surface area (Å²) >= 11 is 0. The first-order chi connectivity index (χ1) is 16.9. The molecule has 0 fully saturated rings. The second-order valence-electron chi connectivity index (χ2n) is 8.53. The van der Waals surface area contributed by atoms with Crippen molar-refractivity contribution in [2.24, 2.45) is 5.92 Å². The van der Waals surface area contributed by atoms with Crippen LogP contribution in [0.5, 0.6) is 0 Å². The summed E-state index contributed by atoms with van der Waals surface area (Å²) in [4.78, 5) is 37.5. The third kappa shape index (κ3) is 6.15. The van der Waals surface area contributed by atoms with Crippen LogP contribution in [0.3, 0.4) is 0 Å². The van der Waals surface area contributed by atoms with Crippen molar-refractivity contribution in [3.8, 4) is 0 Å². The first kappa shape index (κ1) is 25.7. The number of carbonyl (C=O) groups is 3. The van der Waals surface area contributed by atoms with Gasteiger partial charge in [0.05, 0.1) is 17.9 Å². The van der Waals surface area contributed by atoms with Crippen LogP contribution in [0.4, 0.5) is 0 Å². The predicted molar refractivity (Wildman–Crippen MR) is 134 cm³/mol. The van der Waals surface area contributed by atoms with Crippen LogP contribution in [-0.4, -0.2) is 35.6 Å². The Bertz CT molecular complexity index is 1020. The van der Waals surface area contributed by atoms with Crippen LogP contribution in [0.1, 0.15) is 43.4 Å². The van der Waals surface area contributed by atoms with Crippen LogP contribution in [0.25, 0.3) is 0 Å². The maximum absolute atomic E-state index is 13.5. The zero-order chi connectivity index (χ0) is 25.3. The van der Waals surface area contributed by atoms with E-state index in [9.17, 15) is 19.5 Å². The summed E-state index contributed by atoms with van der Waals surface area (Å²) in [6.45, 7) is 3.50. The topological polar surface area (TPSA) is 92.7 Å². The fourth-order valence-corrected chi connectivity index (χ4v) is 4.42. The van der Waals surface area contributed by atoms with Gasteiger partial charge in [0, 0.05) is 6.42 Å². The quantitative estimate of drug-likeness (QED) is 0.314. The number of aliphatic carboxylic acids is 1. The normalized spacial score (nSPS) is 12.9. The number of carboxylic acid groups (broad SMARTS) is 1. The minimum atomic E-state index is -1.22. The maximum Gasteiger partial charge on any atom is 0.326 e. The summed E-state index contributed by atoms with van der Waals surface area (Å²) in [5.41, 5.74) is 1.90. The summed E-state index contributed by atoms with van der Waals surface area (Å²) in [7, 11) is 0. The number of nitrogens with one attached hydrogen (secondary N) is 1. The van der Waals surface area contributed by atoms with E-state index >= 15 is 0 Å². The molecule has 0 unspecified atom stereocenters. The van der Waals surface area contributed by atoms with Gasteiger partial charge in [0.25, 0.3) is 0 Å². The smallest absolute Gasteiger partial charge is 0.326 e. The third-order valence-electron chi connectivity index (χ3n) is 6.14. The molecule has 0 bridgehead atoms. The molecule has 0 aliphatic rings. The molecule has 182 valence electrons. The van der Waals surface area contributed by atoms with Crippen LogP contribution in [-0.2, 0) is 24.5 Å². The molecule has 0 saturated heterocycles. The Hall–Kier alpha value is -3.93. The average molecular weight is 474 g/mol. The summed E-state index contributed by atoms with van der Waals surface area (Å²) in [5, 5.41) is 12.4. The highest BCUT2D eigenvalue weighted by molar-refractivity contribution is 5.86. The van der Waals surface area contributed by atoms with E-state index < -0.39 is 35.2 Å². The third-order valence-corrected chi connectivity index (χ3v) is 6.14. The standard InChI is InChI=1S/C29H31NO5/c1-3-35-28(34)21(2)19-25(27(32)33)30-26(31)20-29(22-13-7-4-8-14-22,23-15-9-5-10-16-23)24-17-11-6-12-18-24/h4-18,21,25H,3,19-20H2,1-2H3,(H,30,31)(H,32,33)/t21-,25-/m1/s1. The van der Waals surface area contributed by atoms with Crippen molar-refractivity contribution in [3.63, 3.8) is 0 Å². The summed E-state index contributed by atoms with van der Waals surface area (Å²) in [6.07, 6.45) is -0.0719. The van der Waals surface area contributed by atoms with Crippen molar-refractivity contribution in [1.82, 2.24) is 5.32 Å². The first-order valence-corrected chi connectivity index (χ1v) is 11.7. The highest BCUT2D eigenvalue weighted by atomic mass is 16.5. The Kier molecular flexibility index (Phi) is 8.79. The molecule has 35 heavy (non-hydrogen) atoms. The van der Waals surface area contributed by atoms with Crippen molar-refractivity contribution >= 4 is 17.8 Å². The molecule has 2 atom stereocenters. The SMILES string of the molecule is CCOC(=O)[C@H](C)C[C@@H](NC(=O)CC(c1ccccc1)(c1ccccc1)c1ccccc1)C(=O)O. The number of carboxylic acids is 1. The van der Waals surface area contributed by atoms with E-state index in [1.54, 1.807) is 13.8 Å². The van der Waals surface area contributed by atoms with E-state index in [1.807, 2.05) is 91.0 Å². The van der Waals surface area contributed by atoms with E-state index in [0.29, 0.717) is 0 Å². The number of esters is 1. The summed E-state index contributed by atoms with van der Waals surface area (Å²) in [5.74, 6) is -2.78. The maximum atomic E-state index is 13.5. The zero-order valence-electron chi connectivity index (χ0n) is 20.0. The Balaban J connectivity index is 2.00. The van der Waals surface area contributed by atoms with Gasteiger partial charge in [-0.25, -0.2) is 4.79 Å². The lowest BCUT2D eigenvalue weighted by Gasteiger charge is -2.36. The molecule has 6 nitrogen and oxygen atoms in total. The molecule has 0 aliphatic carbocycles. The van der Waals surface area contributed by atoms with E-state index in [-0.39, 0.29) is 19.4 Å². The Morgan fingerprint density at radius 3 is 1.63 bits per heavy atom. The fourth-order valence-electron chi connectivity index (χ4n) is 4.42. The van der Waals surface area contributed by atoms with Crippen molar-refractivity contribution in [2.75, 3.05) is 6.61 Å². The number of hydrogen-bond donors (Lipinski definition) is 2. The summed E-state index contributed by atoms with van der Waals surface area (Å²) in [6, 6.07) is 27.9. The largest absolute Gasteiger partial charge is 0.480 e. The Labute approximate surface area is 206 Å². The molecule has 6 heteroatoms. The molecule has 3 aromatic carbocycles. The van der Waals surface area contributed by atoms with Crippen LogP contribution in [0, 0.1) is 5.92 Å². The number of ether oxygens (including phenoxy) is 1. The first-order valence-electron chi connectivity index (χ1n) is 11.7. The van der Waals surface area contributed by atoms with Gasteiger partial charge >= 0.3 is 11.9 Å². The van der Waals surface area contributed by atoms with Crippen LogP contribution < -0.4 is 5.32 Å². The summed E-state index contributed by atoms with van der Waals surface area (Å²) < 4.78 is 5.00. The number of amides is 1. The highest BCUT2D eigenvalue weighted by Gasteiger charge is 2.39. The van der Waals surface area contributed by atoms with Crippen molar-refractivity contribution in [2.45, 2.75) is 38.1 Å². The van der Waals surface area contributed by atoms with Gasteiger partial charge in [-0.2, -0.15) is 0 Å². The molecule has 2 N–H and O–H groups in total. The second-order valence-corrected chi connectivity index (χ2v) is 8.53. The van der Waals surface area contributed by atoms with Gasteiger partial charge in [-0.3, -0.25) is 9.59 Å². The van der Waals surface area contributed by atoms with Gasteiger partial charge in [0.15, 0.2) is 0 Å². The average Bonchev–Trinajstić information content (AvgIpc) is 2.88. The molecule has 0 aromatic heterocycles. The van der Waals surface area contributed by atoms with E-state index in [0.717, 1.165) is 16.7 Å². The molecule has 3 rings (SSSR count). The Morgan fingerprint density at radius 2 is 1.26 bits per heavy atom. The fraction of sp³-hybridized carbons (Fsp3) is 0.276. The van der Waals surface area contributed by atoms with E-state index in [4.69, 9.17) is 4.74 Å². The molecule has 0 spiro atoms. The lowest BCUT2D eigenvalue weighted by Crippen LogP contribution is -2.45. The Morgan fingerprint density at radius 1 is 0.829 bits per heavy atom. The molecular formula is C29H31NO5. The molecule has 0 aliphatic heterocycles. The monoisotopic (exact) mass is 473 g/mol. The van der Waals surface area contributed by atoms with E-state index in [2.05, 4.69) is 5.32 Å². The molecule has 0 heterocycles. The lowest BCUT2D eigenvalue weighted by molar-refractivity contribution is -0.149. The second kappa shape index (κ2) is 12.0. The minimum absolute atomic E-state index is 0.0113. The van der Waals surface area contributed by atoms with Gasteiger partial charge in [-0.1, -0.05) is 97.9 Å². The van der Waals surface area contributed by atoms with Gasteiger partial charge in [0.2, 0.25) is 5.91 Å². The molecule has 0 radical (unpaired) electrons.